The second-order valence-electron chi connectivity index (χ2n) is 5.89. The van der Waals surface area contributed by atoms with Crippen molar-refractivity contribution in [1.29, 1.82) is 0 Å². The molecule has 1 saturated heterocycles. The first-order chi connectivity index (χ1) is 10.3. The van der Waals surface area contributed by atoms with Crippen molar-refractivity contribution in [1.82, 2.24) is 4.90 Å². The Bertz CT molecular complexity index is 537. The van der Waals surface area contributed by atoms with Crippen molar-refractivity contribution in [2.24, 2.45) is 0 Å². The third-order valence-corrected chi connectivity index (χ3v) is 4.34. The summed E-state index contributed by atoms with van der Waals surface area (Å²) in [6.07, 6.45) is 2.36. The van der Waals surface area contributed by atoms with Crippen molar-refractivity contribution in [3.05, 3.63) is 47.8 Å². The van der Waals surface area contributed by atoms with Gasteiger partial charge in [-0.3, -0.25) is 0 Å². The molecule has 0 aliphatic carbocycles. The molecule has 0 aromatic heterocycles. The van der Waals surface area contributed by atoms with Crippen LogP contribution < -0.4 is 0 Å². The van der Waals surface area contributed by atoms with E-state index in [0.717, 1.165) is 25.1 Å². The van der Waals surface area contributed by atoms with Crippen molar-refractivity contribution in [3.8, 4) is 0 Å². The molecule has 2 nitrogen and oxygen atoms in total. The molecule has 0 unspecified atom stereocenters. The van der Waals surface area contributed by atoms with Gasteiger partial charge in [0.2, 0.25) is 0 Å². The third kappa shape index (κ3) is 3.36. The summed E-state index contributed by atoms with van der Waals surface area (Å²) in [7, 11) is 0. The van der Waals surface area contributed by atoms with E-state index in [2.05, 4.69) is 18.4 Å². The zero-order chi connectivity index (χ0) is 16.4. The van der Waals surface area contributed by atoms with E-state index in [1.165, 1.54) is 6.07 Å². The summed E-state index contributed by atoms with van der Waals surface area (Å²) in [5.74, 6) is -4.43. The molecule has 5 heteroatoms. The van der Waals surface area contributed by atoms with E-state index in [1.807, 2.05) is 0 Å². The Morgan fingerprint density at radius 2 is 2.00 bits per heavy atom. The lowest BCUT2D eigenvalue weighted by Crippen LogP contribution is -2.42. The predicted molar refractivity (Wildman–Crippen MR) is 80.4 cm³/mol. The van der Waals surface area contributed by atoms with Crippen LogP contribution in [0.15, 0.2) is 30.9 Å². The Labute approximate surface area is 129 Å². The lowest BCUT2D eigenvalue weighted by Gasteiger charge is -2.38. The average Bonchev–Trinajstić information content (AvgIpc) is 2.50. The van der Waals surface area contributed by atoms with E-state index in [1.54, 1.807) is 0 Å². The SMILES string of the molecule is C=CC(F)(F)c1cc(C2(O)CCN(CCC)CC2)ccc1F. The van der Waals surface area contributed by atoms with E-state index in [4.69, 9.17) is 0 Å². The van der Waals surface area contributed by atoms with E-state index in [0.29, 0.717) is 37.6 Å². The quantitative estimate of drug-likeness (QED) is 0.836. The van der Waals surface area contributed by atoms with Crippen molar-refractivity contribution in [2.75, 3.05) is 19.6 Å². The smallest absolute Gasteiger partial charge is 0.294 e. The summed E-state index contributed by atoms with van der Waals surface area (Å²) < 4.78 is 41.2. The van der Waals surface area contributed by atoms with Crippen molar-refractivity contribution in [2.45, 2.75) is 37.7 Å². The second-order valence-corrected chi connectivity index (χ2v) is 5.89. The summed E-state index contributed by atoms with van der Waals surface area (Å²) in [4.78, 5) is 2.23. The number of piperidine rings is 1. The highest BCUT2D eigenvalue weighted by atomic mass is 19.3. The van der Waals surface area contributed by atoms with Gasteiger partial charge in [-0.05, 0) is 49.6 Å². The first-order valence-electron chi connectivity index (χ1n) is 7.59. The summed E-state index contributed by atoms with van der Waals surface area (Å²) >= 11 is 0. The number of hydrogen-bond donors (Lipinski definition) is 1. The number of allylic oxidation sites excluding steroid dienone is 1. The van der Waals surface area contributed by atoms with Gasteiger partial charge >= 0.3 is 0 Å². The summed E-state index contributed by atoms with van der Waals surface area (Å²) in [5.41, 5.74) is -1.56. The minimum absolute atomic E-state index is 0.349. The lowest BCUT2D eigenvalue weighted by atomic mass is 9.83. The molecule has 0 saturated carbocycles. The molecule has 22 heavy (non-hydrogen) atoms. The third-order valence-electron chi connectivity index (χ3n) is 4.34. The summed E-state index contributed by atoms with van der Waals surface area (Å²) in [6.45, 7) is 7.51. The van der Waals surface area contributed by atoms with Crippen LogP contribution in [0.1, 0.15) is 37.3 Å². The molecular formula is C17H22F3NO. The standard InChI is InChI=1S/C17H22F3NO/c1-3-9-21-10-7-16(22,8-11-21)13-5-6-15(18)14(12-13)17(19,20)4-2/h4-6,12,22H,2-3,7-11H2,1H3. The maximum absolute atomic E-state index is 13.7. The minimum atomic E-state index is -3.45. The van der Waals surface area contributed by atoms with E-state index < -0.39 is 22.9 Å². The van der Waals surface area contributed by atoms with Gasteiger partial charge in [-0.15, -0.1) is 0 Å². The Morgan fingerprint density at radius 1 is 1.36 bits per heavy atom. The number of benzene rings is 1. The van der Waals surface area contributed by atoms with Gasteiger partial charge in [0.05, 0.1) is 11.2 Å². The second kappa shape index (κ2) is 6.42. The molecule has 1 aromatic carbocycles. The van der Waals surface area contributed by atoms with Crippen molar-refractivity contribution < 1.29 is 18.3 Å². The first kappa shape index (κ1) is 17.0. The Kier molecular flexibility index (Phi) is 4.97. The molecule has 0 atom stereocenters. The normalized spacial score (nSPS) is 19.1. The number of rotatable bonds is 5. The van der Waals surface area contributed by atoms with Crippen LogP contribution in [0.4, 0.5) is 13.2 Å². The topological polar surface area (TPSA) is 23.5 Å². The van der Waals surface area contributed by atoms with Crippen LogP contribution in [0.5, 0.6) is 0 Å². The Morgan fingerprint density at radius 3 is 2.55 bits per heavy atom. The molecular weight excluding hydrogens is 291 g/mol. The monoisotopic (exact) mass is 313 g/mol. The zero-order valence-electron chi connectivity index (χ0n) is 12.8. The van der Waals surface area contributed by atoms with Gasteiger partial charge in [-0.1, -0.05) is 19.6 Å². The van der Waals surface area contributed by atoms with E-state index in [9.17, 15) is 18.3 Å². The molecule has 1 aromatic rings. The van der Waals surface area contributed by atoms with Crippen LogP contribution in [0, 0.1) is 5.82 Å². The van der Waals surface area contributed by atoms with Crippen LogP contribution in [-0.4, -0.2) is 29.6 Å². The number of likely N-dealkylation sites (tertiary alicyclic amines) is 1. The summed E-state index contributed by atoms with van der Waals surface area (Å²) in [6, 6.07) is 3.47. The van der Waals surface area contributed by atoms with Gasteiger partial charge in [-0.2, -0.15) is 8.78 Å². The van der Waals surface area contributed by atoms with Crippen LogP contribution in [-0.2, 0) is 11.5 Å². The predicted octanol–water partition coefficient (Wildman–Crippen LogP) is 3.80. The van der Waals surface area contributed by atoms with Gasteiger partial charge in [-0.25, -0.2) is 4.39 Å². The molecule has 0 amide bonds. The molecule has 0 spiro atoms. The Hall–Kier alpha value is -1.33. The lowest BCUT2D eigenvalue weighted by molar-refractivity contribution is -0.0263. The average molecular weight is 313 g/mol. The minimum Gasteiger partial charge on any atom is -0.385 e. The van der Waals surface area contributed by atoms with Crippen LogP contribution in [0.3, 0.4) is 0 Å². The maximum atomic E-state index is 13.7. The molecule has 1 heterocycles. The summed E-state index contributed by atoms with van der Waals surface area (Å²) in [5, 5.41) is 10.8. The number of alkyl halides is 2. The number of hydrogen-bond acceptors (Lipinski definition) is 2. The number of nitrogens with zero attached hydrogens (tertiary/aromatic N) is 1. The van der Waals surface area contributed by atoms with Gasteiger partial charge in [0, 0.05) is 13.1 Å². The molecule has 1 aliphatic rings. The van der Waals surface area contributed by atoms with E-state index in [-0.39, 0.29) is 0 Å². The molecule has 1 aliphatic heterocycles. The van der Waals surface area contributed by atoms with Gasteiger partial charge in [0.1, 0.15) is 5.82 Å². The fourth-order valence-corrected chi connectivity index (χ4v) is 2.93. The number of halogens is 3. The fraction of sp³-hybridized carbons (Fsp3) is 0.529. The van der Waals surface area contributed by atoms with Gasteiger partial charge < -0.3 is 10.0 Å². The van der Waals surface area contributed by atoms with Crippen molar-refractivity contribution >= 4 is 0 Å². The molecule has 2 rings (SSSR count). The Balaban J connectivity index is 2.26. The van der Waals surface area contributed by atoms with Crippen molar-refractivity contribution in [3.63, 3.8) is 0 Å². The highest BCUT2D eigenvalue weighted by molar-refractivity contribution is 5.34. The fourth-order valence-electron chi connectivity index (χ4n) is 2.93. The van der Waals surface area contributed by atoms with Gasteiger partial charge in [0.25, 0.3) is 5.92 Å². The molecule has 0 bridgehead atoms. The van der Waals surface area contributed by atoms with Crippen LogP contribution >= 0.6 is 0 Å². The maximum Gasteiger partial charge on any atom is 0.294 e. The molecule has 1 N–H and O–H groups in total. The number of aliphatic hydroxyl groups is 1. The molecule has 1 fully saturated rings. The van der Waals surface area contributed by atoms with Crippen LogP contribution in [0.2, 0.25) is 0 Å². The highest BCUT2D eigenvalue weighted by Crippen LogP contribution is 2.37. The van der Waals surface area contributed by atoms with Gasteiger partial charge in [0.15, 0.2) is 0 Å². The first-order valence-corrected chi connectivity index (χ1v) is 7.59. The van der Waals surface area contributed by atoms with E-state index >= 15 is 0 Å². The molecule has 122 valence electrons. The highest BCUT2D eigenvalue weighted by Gasteiger charge is 2.37. The largest absolute Gasteiger partial charge is 0.385 e. The van der Waals surface area contributed by atoms with Crippen LogP contribution in [0.25, 0.3) is 0 Å². The molecule has 0 radical (unpaired) electrons. The zero-order valence-corrected chi connectivity index (χ0v) is 12.8.